The molecule has 4 nitrogen and oxygen atoms in total. The van der Waals surface area contributed by atoms with Gasteiger partial charge in [-0.3, -0.25) is 4.79 Å². The summed E-state index contributed by atoms with van der Waals surface area (Å²) in [6.07, 6.45) is 2.54. The van der Waals surface area contributed by atoms with E-state index in [1.807, 2.05) is 37.2 Å². The van der Waals surface area contributed by atoms with E-state index in [-0.39, 0.29) is 12.1 Å². The van der Waals surface area contributed by atoms with Gasteiger partial charge in [0.15, 0.2) is 0 Å². The summed E-state index contributed by atoms with van der Waals surface area (Å²) in [5.74, 6) is 0. The monoisotopic (exact) mass is 404 g/mol. The van der Waals surface area contributed by atoms with Crippen LogP contribution in [-0.4, -0.2) is 42.1 Å². The van der Waals surface area contributed by atoms with E-state index < -0.39 is 6.17 Å². The largest absolute Gasteiger partial charge is 0.308 e. The number of nitrogens with zero attached hydrogens (tertiary/aromatic N) is 2. The predicted octanol–water partition coefficient (Wildman–Crippen LogP) is 3.71. The fourth-order valence-electron chi connectivity index (χ4n) is 2.16. The van der Waals surface area contributed by atoms with E-state index >= 15 is 0 Å². The van der Waals surface area contributed by atoms with Gasteiger partial charge in [0.1, 0.15) is 12.5 Å². The standard InChI is InChI=1S/C9H6BrNO2S.C5H10FN.C2H6/c10-6-5-14-7-1-2-11(3-4-12)9(13)8(6)7;1-7-3-2-5(6)4-7;1-2/h1-2,4-5H,3H2;5H,2-4H2,1H3;1-2H3. The van der Waals surface area contributed by atoms with E-state index in [2.05, 4.69) is 15.9 Å². The maximum Gasteiger partial charge on any atom is 0.260 e. The van der Waals surface area contributed by atoms with Crippen molar-refractivity contribution < 1.29 is 9.18 Å². The lowest BCUT2D eigenvalue weighted by Crippen LogP contribution is -2.19. The molecule has 0 saturated carbocycles. The van der Waals surface area contributed by atoms with Crippen molar-refractivity contribution in [3.05, 3.63) is 32.5 Å². The Morgan fingerprint density at radius 1 is 1.48 bits per heavy atom. The fraction of sp³-hybridized carbons (Fsp3) is 0.500. The molecule has 1 fully saturated rings. The Kier molecular flexibility index (Phi) is 8.65. The van der Waals surface area contributed by atoms with Gasteiger partial charge in [-0.25, -0.2) is 4.39 Å². The molecule has 0 N–H and O–H groups in total. The zero-order chi connectivity index (χ0) is 17.4. The highest BCUT2D eigenvalue weighted by atomic mass is 79.9. The molecule has 128 valence electrons. The number of hydrogen-bond acceptors (Lipinski definition) is 4. The summed E-state index contributed by atoms with van der Waals surface area (Å²) in [6.45, 7) is 5.68. The van der Waals surface area contributed by atoms with Crippen molar-refractivity contribution in [2.75, 3.05) is 20.1 Å². The highest BCUT2D eigenvalue weighted by Crippen LogP contribution is 2.26. The van der Waals surface area contributed by atoms with Crippen LogP contribution in [0.5, 0.6) is 0 Å². The smallest absolute Gasteiger partial charge is 0.260 e. The Hall–Kier alpha value is -1.05. The van der Waals surface area contributed by atoms with E-state index in [0.717, 1.165) is 22.1 Å². The molecule has 23 heavy (non-hydrogen) atoms. The number of hydrogen-bond donors (Lipinski definition) is 0. The number of likely N-dealkylation sites (tertiary alicyclic amines) is 1. The van der Waals surface area contributed by atoms with Crippen molar-refractivity contribution in [2.45, 2.75) is 33.0 Å². The summed E-state index contributed by atoms with van der Waals surface area (Å²) < 4.78 is 15.3. The van der Waals surface area contributed by atoms with Crippen LogP contribution in [0.4, 0.5) is 4.39 Å². The van der Waals surface area contributed by atoms with Crippen molar-refractivity contribution in [2.24, 2.45) is 0 Å². The average Bonchev–Trinajstić information content (AvgIpc) is 3.11. The second kappa shape index (κ2) is 9.95. The van der Waals surface area contributed by atoms with Crippen LogP contribution in [-0.2, 0) is 11.3 Å². The molecule has 2 aromatic rings. The molecule has 2 aromatic heterocycles. The Balaban J connectivity index is 0.000000247. The molecule has 0 spiro atoms. The molecule has 3 rings (SSSR count). The molecule has 1 saturated heterocycles. The Bertz CT molecular complexity index is 678. The molecular weight excluding hydrogens is 383 g/mol. The van der Waals surface area contributed by atoms with Crippen molar-refractivity contribution in [3.8, 4) is 0 Å². The fourth-order valence-corrected chi connectivity index (χ4v) is 3.75. The van der Waals surface area contributed by atoms with Gasteiger partial charge in [0.25, 0.3) is 5.56 Å². The van der Waals surface area contributed by atoms with Crippen LogP contribution in [0.15, 0.2) is 26.9 Å². The number of thiophene rings is 1. The molecule has 1 atom stereocenters. The third-order valence-electron chi connectivity index (χ3n) is 3.26. The number of carbonyl (C=O) groups is 1. The van der Waals surface area contributed by atoms with Crippen LogP contribution in [0.1, 0.15) is 20.3 Å². The van der Waals surface area contributed by atoms with Gasteiger partial charge in [0, 0.05) is 33.8 Å². The minimum Gasteiger partial charge on any atom is -0.308 e. The number of alkyl halides is 1. The molecule has 1 aliphatic heterocycles. The van der Waals surface area contributed by atoms with E-state index in [1.165, 1.54) is 15.9 Å². The minimum atomic E-state index is -0.551. The summed E-state index contributed by atoms with van der Waals surface area (Å²) >= 11 is 4.82. The maximum absolute atomic E-state index is 12.1. The summed E-state index contributed by atoms with van der Waals surface area (Å²) in [5, 5.41) is 2.52. The molecule has 0 aliphatic carbocycles. The van der Waals surface area contributed by atoms with Gasteiger partial charge in [-0.05, 0) is 35.5 Å². The topological polar surface area (TPSA) is 42.3 Å². The highest BCUT2D eigenvalue weighted by Gasteiger charge is 2.17. The number of rotatable bonds is 2. The van der Waals surface area contributed by atoms with E-state index in [0.29, 0.717) is 18.2 Å². The predicted molar refractivity (Wildman–Crippen MR) is 98.2 cm³/mol. The third kappa shape index (κ3) is 5.51. The lowest BCUT2D eigenvalue weighted by atomic mass is 10.3. The first-order chi connectivity index (χ1) is 11.0. The number of pyridine rings is 1. The second-order valence-corrected chi connectivity index (χ2v) is 6.68. The summed E-state index contributed by atoms with van der Waals surface area (Å²) in [5.41, 5.74) is -0.122. The van der Waals surface area contributed by atoms with Gasteiger partial charge in [-0.1, -0.05) is 13.8 Å². The summed E-state index contributed by atoms with van der Waals surface area (Å²) in [7, 11) is 1.94. The van der Waals surface area contributed by atoms with Crippen molar-refractivity contribution in [1.29, 1.82) is 0 Å². The molecule has 0 amide bonds. The van der Waals surface area contributed by atoms with Crippen molar-refractivity contribution in [1.82, 2.24) is 9.47 Å². The molecule has 7 heteroatoms. The highest BCUT2D eigenvalue weighted by molar-refractivity contribution is 9.10. The number of aromatic nitrogens is 1. The first-order valence-corrected chi connectivity index (χ1v) is 9.22. The lowest BCUT2D eigenvalue weighted by molar-refractivity contribution is -0.108. The van der Waals surface area contributed by atoms with E-state index in [4.69, 9.17) is 0 Å². The molecule has 1 aliphatic rings. The van der Waals surface area contributed by atoms with Gasteiger partial charge >= 0.3 is 0 Å². The van der Waals surface area contributed by atoms with Crippen molar-refractivity contribution in [3.63, 3.8) is 0 Å². The molecular formula is C16H22BrFN2O2S. The van der Waals surface area contributed by atoms with Gasteiger partial charge < -0.3 is 14.3 Å². The first kappa shape index (κ1) is 20.0. The molecule has 1 unspecified atom stereocenters. The number of carbonyl (C=O) groups excluding carboxylic acids is 1. The maximum atomic E-state index is 12.1. The first-order valence-electron chi connectivity index (χ1n) is 7.55. The number of fused-ring (bicyclic) bond motifs is 1. The van der Waals surface area contributed by atoms with Crippen molar-refractivity contribution >= 4 is 43.6 Å². The Labute approximate surface area is 148 Å². The molecule has 3 heterocycles. The van der Waals surface area contributed by atoms with Gasteiger partial charge in [-0.2, -0.15) is 0 Å². The Morgan fingerprint density at radius 3 is 2.65 bits per heavy atom. The number of aldehydes is 1. The van der Waals surface area contributed by atoms with Gasteiger partial charge in [0.2, 0.25) is 0 Å². The molecule has 0 radical (unpaired) electrons. The Morgan fingerprint density at radius 2 is 2.17 bits per heavy atom. The van der Waals surface area contributed by atoms with Crippen LogP contribution in [0.2, 0.25) is 0 Å². The van der Waals surface area contributed by atoms with E-state index in [9.17, 15) is 14.0 Å². The van der Waals surface area contributed by atoms with E-state index in [1.54, 1.807) is 6.20 Å². The van der Waals surface area contributed by atoms with Gasteiger partial charge in [0.05, 0.1) is 11.9 Å². The molecule has 0 bridgehead atoms. The van der Waals surface area contributed by atoms with Gasteiger partial charge in [-0.15, -0.1) is 11.3 Å². The second-order valence-electron chi connectivity index (χ2n) is 4.91. The summed E-state index contributed by atoms with van der Waals surface area (Å²) in [4.78, 5) is 24.1. The average molecular weight is 405 g/mol. The van der Waals surface area contributed by atoms with Crippen LogP contribution in [0, 0.1) is 0 Å². The zero-order valence-corrected chi connectivity index (χ0v) is 16.0. The summed E-state index contributed by atoms with van der Waals surface area (Å²) in [6, 6.07) is 1.84. The quantitative estimate of drug-likeness (QED) is 0.716. The minimum absolute atomic E-state index is 0.108. The van der Waals surface area contributed by atoms with Crippen LogP contribution in [0.25, 0.3) is 10.1 Å². The zero-order valence-electron chi connectivity index (χ0n) is 13.6. The molecule has 0 aromatic carbocycles. The SMILES string of the molecule is CC.CN1CCC(F)C1.O=CCn1ccc2scc(Br)c2c1=O. The van der Waals surface area contributed by atoms with Crippen LogP contribution < -0.4 is 5.56 Å². The lowest BCUT2D eigenvalue weighted by Gasteiger charge is -2.01. The normalized spacial score (nSPS) is 17.2. The number of halogens is 2. The van der Waals surface area contributed by atoms with Crippen LogP contribution >= 0.6 is 27.3 Å². The third-order valence-corrected chi connectivity index (χ3v) is 5.14. The van der Waals surface area contributed by atoms with Crippen LogP contribution in [0.3, 0.4) is 0 Å².